The van der Waals surface area contributed by atoms with Crippen molar-refractivity contribution in [3.8, 4) is 0 Å². The van der Waals surface area contributed by atoms with E-state index in [4.69, 9.17) is 5.84 Å². The van der Waals surface area contributed by atoms with Gasteiger partial charge in [-0.1, -0.05) is 32.0 Å². The minimum Gasteiger partial charge on any atom is -0.271 e. The molecule has 14 heavy (non-hydrogen) atoms. The molecule has 0 amide bonds. The van der Waals surface area contributed by atoms with Crippen molar-refractivity contribution in [2.24, 2.45) is 11.8 Å². The lowest BCUT2D eigenvalue weighted by Crippen LogP contribution is -2.40. The Morgan fingerprint density at radius 2 is 2.00 bits per heavy atom. The van der Waals surface area contributed by atoms with E-state index in [2.05, 4.69) is 19.3 Å². The molecule has 0 heterocycles. The van der Waals surface area contributed by atoms with Crippen molar-refractivity contribution in [1.82, 2.24) is 5.43 Å². The predicted octanol–water partition coefficient (Wildman–Crippen LogP) is 1.86. The van der Waals surface area contributed by atoms with Crippen LogP contribution in [0.5, 0.6) is 0 Å². The lowest BCUT2D eigenvalue weighted by atomic mass is 9.97. The highest BCUT2D eigenvalue weighted by atomic mass is 19.1. The Labute approximate surface area is 84.3 Å². The summed E-state index contributed by atoms with van der Waals surface area (Å²) in [6.07, 6.45) is 0.626. The number of nitrogens with two attached hydrogens (primary N) is 1. The largest absolute Gasteiger partial charge is 0.271 e. The third-order valence-corrected chi connectivity index (χ3v) is 2.42. The molecule has 1 aromatic rings. The van der Waals surface area contributed by atoms with Crippen LogP contribution < -0.4 is 11.3 Å². The van der Waals surface area contributed by atoms with Crippen molar-refractivity contribution in [2.45, 2.75) is 26.3 Å². The summed E-state index contributed by atoms with van der Waals surface area (Å²) in [5, 5.41) is 0. The second-order valence-electron chi connectivity index (χ2n) is 3.81. The highest BCUT2D eigenvalue weighted by Crippen LogP contribution is 2.12. The maximum absolute atomic E-state index is 13.3. The standard InChI is InChI=1S/C11H17FN2/c1-8(2)11(14-13)7-9-5-3-4-6-10(9)12/h3-6,8,11,14H,7,13H2,1-2H3. The van der Waals surface area contributed by atoms with Crippen LogP contribution in [-0.2, 0) is 6.42 Å². The molecule has 0 saturated heterocycles. The van der Waals surface area contributed by atoms with E-state index in [1.807, 2.05) is 6.07 Å². The van der Waals surface area contributed by atoms with Crippen LogP contribution in [0.4, 0.5) is 4.39 Å². The molecule has 2 nitrogen and oxygen atoms in total. The van der Waals surface area contributed by atoms with Gasteiger partial charge in [-0.3, -0.25) is 11.3 Å². The molecule has 78 valence electrons. The molecular formula is C11H17FN2. The number of nitrogens with one attached hydrogen (secondary N) is 1. The molecule has 0 fully saturated rings. The van der Waals surface area contributed by atoms with Gasteiger partial charge < -0.3 is 0 Å². The van der Waals surface area contributed by atoms with E-state index in [-0.39, 0.29) is 11.9 Å². The van der Waals surface area contributed by atoms with Gasteiger partial charge in [0.1, 0.15) is 5.82 Å². The number of hydrogen-bond donors (Lipinski definition) is 2. The third kappa shape index (κ3) is 2.79. The lowest BCUT2D eigenvalue weighted by molar-refractivity contribution is 0.399. The van der Waals surface area contributed by atoms with Crippen molar-refractivity contribution >= 4 is 0 Å². The van der Waals surface area contributed by atoms with Crippen LogP contribution in [0.1, 0.15) is 19.4 Å². The first kappa shape index (κ1) is 11.1. The quantitative estimate of drug-likeness (QED) is 0.570. The number of halogens is 1. The van der Waals surface area contributed by atoms with Gasteiger partial charge in [0, 0.05) is 6.04 Å². The van der Waals surface area contributed by atoms with Crippen LogP contribution >= 0.6 is 0 Å². The molecule has 1 unspecified atom stereocenters. The average molecular weight is 196 g/mol. The van der Waals surface area contributed by atoms with Gasteiger partial charge in [-0.15, -0.1) is 0 Å². The topological polar surface area (TPSA) is 38.0 Å². The van der Waals surface area contributed by atoms with E-state index in [0.29, 0.717) is 17.9 Å². The van der Waals surface area contributed by atoms with Crippen LogP contribution in [-0.4, -0.2) is 6.04 Å². The summed E-state index contributed by atoms with van der Waals surface area (Å²) in [7, 11) is 0. The summed E-state index contributed by atoms with van der Waals surface area (Å²) >= 11 is 0. The minimum atomic E-state index is -0.159. The first-order valence-corrected chi connectivity index (χ1v) is 4.84. The lowest BCUT2D eigenvalue weighted by Gasteiger charge is -2.19. The van der Waals surface area contributed by atoms with Crippen molar-refractivity contribution in [2.75, 3.05) is 0 Å². The van der Waals surface area contributed by atoms with Gasteiger partial charge in [0.05, 0.1) is 0 Å². The zero-order valence-corrected chi connectivity index (χ0v) is 8.63. The molecule has 1 aromatic carbocycles. The van der Waals surface area contributed by atoms with Gasteiger partial charge in [0.25, 0.3) is 0 Å². The number of benzene rings is 1. The fourth-order valence-corrected chi connectivity index (χ4v) is 1.39. The van der Waals surface area contributed by atoms with Gasteiger partial charge in [-0.05, 0) is 24.0 Å². The molecule has 3 heteroatoms. The van der Waals surface area contributed by atoms with Crippen molar-refractivity contribution in [3.63, 3.8) is 0 Å². The molecule has 0 bridgehead atoms. The smallest absolute Gasteiger partial charge is 0.126 e. The normalized spacial score (nSPS) is 13.2. The molecule has 0 saturated carbocycles. The van der Waals surface area contributed by atoms with Gasteiger partial charge in [0.2, 0.25) is 0 Å². The van der Waals surface area contributed by atoms with Gasteiger partial charge in [-0.25, -0.2) is 4.39 Å². The zero-order valence-electron chi connectivity index (χ0n) is 8.63. The Balaban J connectivity index is 2.72. The van der Waals surface area contributed by atoms with E-state index in [9.17, 15) is 4.39 Å². The van der Waals surface area contributed by atoms with Crippen molar-refractivity contribution in [3.05, 3.63) is 35.6 Å². The van der Waals surface area contributed by atoms with Crippen molar-refractivity contribution in [1.29, 1.82) is 0 Å². The monoisotopic (exact) mass is 196 g/mol. The summed E-state index contributed by atoms with van der Waals surface area (Å²) in [6, 6.07) is 6.92. The van der Waals surface area contributed by atoms with Gasteiger partial charge >= 0.3 is 0 Å². The number of rotatable bonds is 4. The Morgan fingerprint density at radius 3 is 2.50 bits per heavy atom. The Hall–Kier alpha value is -0.930. The van der Waals surface area contributed by atoms with E-state index in [1.165, 1.54) is 6.07 Å². The van der Waals surface area contributed by atoms with E-state index in [0.717, 1.165) is 0 Å². The van der Waals surface area contributed by atoms with Gasteiger partial charge in [-0.2, -0.15) is 0 Å². The van der Waals surface area contributed by atoms with E-state index < -0.39 is 0 Å². The Kier molecular flexibility index (Phi) is 4.04. The maximum Gasteiger partial charge on any atom is 0.126 e. The Bertz CT molecular complexity index is 286. The van der Waals surface area contributed by atoms with Gasteiger partial charge in [0.15, 0.2) is 0 Å². The molecule has 1 rings (SSSR count). The summed E-state index contributed by atoms with van der Waals surface area (Å²) in [5.74, 6) is 5.63. The van der Waals surface area contributed by atoms with Crippen LogP contribution in [0.25, 0.3) is 0 Å². The average Bonchev–Trinajstić information content (AvgIpc) is 2.16. The third-order valence-electron chi connectivity index (χ3n) is 2.42. The number of hydrazine groups is 1. The zero-order chi connectivity index (χ0) is 10.6. The van der Waals surface area contributed by atoms with Crippen LogP contribution in [0, 0.1) is 11.7 Å². The molecule has 0 aliphatic rings. The highest BCUT2D eigenvalue weighted by Gasteiger charge is 2.13. The summed E-state index contributed by atoms with van der Waals surface area (Å²) in [6.45, 7) is 4.12. The first-order chi connectivity index (χ1) is 6.65. The molecule has 0 spiro atoms. The summed E-state index contributed by atoms with van der Waals surface area (Å²) in [4.78, 5) is 0. The number of hydrogen-bond acceptors (Lipinski definition) is 2. The molecule has 0 radical (unpaired) electrons. The molecule has 1 atom stereocenters. The van der Waals surface area contributed by atoms with Crippen LogP contribution in [0.15, 0.2) is 24.3 Å². The molecule has 3 N–H and O–H groups in total. The molecule has 0 aliphatic carbocycles. The maximum atomic E-state index is 13.3. The molecule has 0 aliphatic heterocycles. The minimum absolute atomic E-state index is 0.117. The van der Waals surface area contributed by atoms with Crippen molar-refractivity contribution < 1.29 is 4.39 Å². The highest BCUT2D eigenvalue weighted by molar-refractivity contribution is 5.18. The molecule has 0 aromatic heterocycles. The predicted molar refractivity (Wildman–Crippen MR) is 56.1 cm³/mol. The summed E-state index contributed by atoms with van der Waals surface area (Å²) in [5.41, 5.74) is 3.42. The first-order valence-electron chi connectivity index (χ1n) is 4.84. The fraction of sp³-hybridized carbons (Fsp3) is 0.455. The summed E-state index contributed by atoms with van der Waals surface area (Å²) < 4.78 is 13.3. The fourth-order valence-electron chi connectivity index (χ4n) is 1.39. The van der Waals surface area contributed by atoms with E-state index >= 15 is 0 Å². The van der Waals surface area contributed by atoms with Crippen LogP contribution in [0.2, 0.25) is 0 Å². The SMILES string of the molecule is CC(C)C(Cc1ccccc1F)NN. The second-order valence-corrected chi connectivity index (χ2v) is 3.81. The van der Waals surface area contributed by atoms with Crippen LogP contribution in [0.3, 0.4) is 0 Å². The Morgan fingerprint density at radius 1 is 1.36 bits per heavy atom. The second kappa shape index (κ2) is 5.08. The molecular weight excluding hydrogens is 179 g/mol. The van der Waals surface area contributed by atoms with E-state index in [1.54, 1.807) is 12.1 Å².